The van der Waals surface area contributed by atoms with Crippen LogP contribution in [-0.2, 0) is 6.54 Å². The summed E-state index contributed by atoms with van der Waals surface area (Å²) in [5.41, 5.74) is 8.04. The molecule has 0 aliphatic heterocycles. The Hall–Kier alpha value is -1.96. The number of amides is 1. The van der Waals surface area contributed by atoms with Gasteiger partial charge in [0.2, 0.25) is 11.8 Å². The van der Waals surface area contributed by atoms with Gasteiger partial charge in [0.25, 0.3) is 5.91 Å². The van der Waals surface area contributed by atoms with E-state index < -0.39 is 0 Å². The number of carbonyl (C=O) groups excluding carboxylic acids is 1. The second-order valence-electron chi connectivity index (χ2n) is 3.56. The summed E-state index contributed by atoms with van der Waals surface area (Å²) < 4.78 is 0. The Labute approximate surface area is 102 Å². The van der Waals surface area contributed by atoms with Crippen LogP contribution in [-0.4, -0.2) is 38.0 Å². The summed E-state index contributed by atoms with van der Waals surface area (Å²) in [6.45, 7) is 2.41. The normalized spacial score (nSPS) is 10.5. The number of rotatable bonds is 3. The number of anilines is 1. The van der Waals surface area contributed by atoms with E-state index in [9.17, 15) is 4.79 Å². The van der Waals surface area contributed by atoms with Crippen molar-refractivity contribution in [3.05, 3.63) is 21.9 Å². The average Bonchev–Trinajstić information content (AvgIpc) is 2.88. The Bertz CT molecular complexity index is 533. The lowest BCUT2D eigenvalue weighted by Crippen LogP contribution is -2.27. The van der Waals surface area contributed by atoms with E-state index in [-0.39, 0.29) is 17.7 Å². The van der Waals surface area contributed by atoms with Crippen LogP contribution in [0.5, 0.6) is 0 Å². The minimum Gasteiger partial charge on any atom is -0.366 e. The van der Waals surface area contributed by atoms with Gasteiger partial charge in [-0.15, -0.1) is 16.4 Å². The van der Waals surface area contributed by atoms with Crippen molar-refractivity contribution in [1.82, 2.24) is 25.1 Å². The molecule has 2 aromatic rings. The molecule has 2 aromatic heterocycles. The highest BCUT2D eigenvalue weighted by Crippen LogP contribution is 2.14. The van der Waals surface area contributed by atoms with Crippen molar-refractivity contribution in [1.29, 1.82) is 0 Å². The molecule has 2 heterocycles. The minimum atomic E-state index is -0.248. The number of aryl methyl sites for hydroxylation is 1. The molecule has 0 atom stereocenters. The van der Waals surface area contributed by atoms with Crippen molar-refractivity contribution in [3.8, 4) is 0 Å². The second-order valence-corrected chi connectivity index (χ2v) is 4.50. The first-order valence-electron chi connectivity index (χ1n) is 4.90. The molecule has 0 aliphatic carbocycles. The van der Waals surface area contributed by atoms with Crippen LogP contribution in [0, 0.1) is 6.92 Å². The fourth-order valence-electron chi connectivity index (χ4n) is 1.32. The average molecular weight is 252 g/mol. The zero-order valence-corrected chi connectivity index (χ0v) is 10.3. The molecule has 3 N–H and O–H groups in total. The van der Waals surface area contributed by atoms with Crippen LogP contribution in [0.2, 0.25) is 0 Å². The maximum absolute atomic E-state index is 11.9. The van der Waals surface area contributed by atoms with Gasteiger partial charge in [0, 0.05) is 11.9 Å². The predicted molar refractivity (Wildman–Crippen MR) is 63.4 cm³/mol. The Morgan fingerprint density at radius 2 is 2.41 bits per heavy atom. The molecule has 8 heteroatoms. The monoisotopic (exact) mass is 252 g/mol. The van der Waals surface area contributed by atoms with Gasteiger partial charge in [-0.1, -0.05) is 0 Å². The van der Waals surface area contributed by atoms with Crippen molar-refractivity contribution in [2.24, 2.45) is 0 Å². The van der Waals surface area contributed by atoms with E-state index in [1.165, 1.54) is 11.3 Å². The molecule has 0 spiro atoms. The highest BCUT2D eigenvalue weighted by Gasteiger charge is 2.17. The largest absolute Gasteiger partial charge is 0.366 e. The lowest BCUT2D eigenvalue weighted by Gasteiger charge is -2.14. The SMILES string of the molecule is Cc1ncsc1CN(C)C(=O)c1nc(N)n[nH]1. The standard InChI is InChI=1S/C9H12N6OS/c1-5-6(17-4-11-5)3-15(2)8(16)7-12-9(10)14-13-7/h4H,3H2,1-2H3,(H3,10,12,13,14). The van der Waals surface area contributed by atoms with E-state index in [2.05, 4.69) is 20.2 Å². The third-order valence-electron chi connectivity index (χ3n) is 2.28. The number of nitrogens with two attached hydrogens (primary N) is 1. The molecule has 90 valence electrons. The van der Waals surface area contributed by atoms with Crippen molar-refractivity contribution >= 4 is 23.2 Å². The molecule has 1 amide bonds. The molecular formula is C9H12N6OS. The first-order chi connectivity index (χ1) is 8.08. The maximum atomic E-state index is 11.9. The van der Waals surface area contributed by atoms with Gasteiger partial charge >= 0.3 is 0 Å². The minimum absolute atomic E-state index is 0.0655. The third kappa shape index (κ3) is 2.41. The van der Waals surface area contributed by atoms with Crippen LogP contribution >= 0.6 is 11.3 Å². The number of nitrogen functional groups attached to an aromatic ring is 1. The van der Waals surface area contributed by atoms with Crippen LogP contribution < -0.4 is 5.73 Å². The number of hydrogen-bond acceptors (Lipinski definition) is 6. The number of carbonyl (C=O) groups is 1. The van der Waals surface area contributed by atoms with E-state index in [4.69, 9.17) is 5.73 Å². The lowest BCUT2D eigenvalue weighted by molar-refractivity contribution is 0.0774. The van der Waals surface area contributed by atoms with Gasteiger partial charge in [-0.3, -0.25) is 9.89 Å². The Balaban J connectivity index is 2.08. The number of aromatic nitrogens is 4. The summed E-state index contributed by atoms with van der Waals surface area (Å²) in [5, 5.41) is 6.11. The zero-order valence-electron chi connectivity index (χ0n) is 9.47. The van der Waals surface area contributed by atoms with Crippen molar-refractivity contribution < 1.29 is 4.79 Å². The van der Waals surface area contributed by atoms with E-state index in [0.29, 0.717) is 6.54 Å². The molecule has 0 saturated heterocycles. The first kappa shape index (κ1) is 11.5. The van der Waals surface area contributed by atoms with Crippen molar-refractivity contribution in [2.45, 2.75) is 13.5 Å². The molecule has 7 nitrogen and oxygen atoms in total. The molecule has 0 radical (unpaired) electrons. The number of aromatic amines is 1. The molecule has 17 heavy (non-hydrogen) atoms. The maximum Gasteiger partial charge on any atom is 0.291 e. The van der Waals surface area contributed by atoms with E-state index in [0.717, 1.165) is 10.6 Å². The number of nitrogens with zero attached hydrogens (tertiary/aromatic N) is 4. The summed E-state index contributed by atoms with van der Waals surface area (Å²) in [5.74, 6) is -0.0371. The van der Waals surface area contributed by atoms with E-state index in [1.54, 1.807) is 17.5 Å². The van der Waals surface area contributed by atoms with Gasteiger partial charge < -0.3 is 10.6 Å². The summed E-state index contributed by atoms with van der Waals surface area (Å²) in [6, 6.07) is 0. The molecule has 0 saturated carbocycles. The third-order valence-corrected chi connectivity index (χ3v) is 3.20. The Morgan fingerprint density at radius 1 is 1.65 bits per heavy atom. The molecular weight excluding hydrogens is 240 g/mol. The van der Waals surface area contributed by atoms with Gasteiger partial charge in [0.15, 0.2) is 0 Å². The van der Waals surface area contributed by atoms with E-state index in [1.807, 2.05) is 6.92 Å². The molecule has 0 fully saturated rings. The highest BCUT2D eigenvalue weighted by molar-refractivity contribution is 7.09. The zero-order chi connectivity index (χ0) is 12.4. The Kier molecular flexibility index (Phi) is 3.05. The van der Waals surface area contributed by atoms with Crippen molar-refractivity contribution in [3.63, 3.8) is 0 Å². The quantitative estimate of drug-likeness (QED) is 0.824. The highest BCUT2D eigenvalue weighted by atomic mass is 32.1. The molecule has 0 bridgehead atoms. The fourth-order valence-corrected chi connectivity index (χ4v) is 2.15. The Morgan fingerprint density at radius 3 is 2.94 bits per heavy atom. The summed E-state index contributed by atoms with van der Waals surface area (Å²) in [6.07, 6.45) is 0. The molecule has 2 rings (SSSR count). The molecule has 0 aromatic carbocycles. The van der Waals surface area contributed by atoms with Gasteiger partial charge in [0.05, 0.1) is 17.7 Å². The second kappa shape index (κ2) is 4.50. The summed E-state index contributed by atoms with van der Waals surface area (Å²) >= 11 is 1.52. The van der Waals surface area contributed by atoms with E-state index >= 15 is 0 Å². The fraction of sp³-hybridized carbons (Fsp3) is 0.333. The number of hydrogen-bond donors (Lipinski definition) is 2. The number of thiazole rings is 1. The summed E-state index contributed by atoms with van der Waals surface area (Å²) in [4.78, 5) is 22.4. The van der Waals surface area contributed by atoms with Crippen LogP contribution in [0.3, 0.4) is 0 Å². The van der Waals surface area contributed by atoms with Crippen LogP contribution in [0.15, 0.2) is 5.51 Å². The van der Waals surface area contributed by atoms with Gasteiger partial charge in [-0.25, -0.2) is 4.98 Å². The predicted octanol–water partition coefficient (Wildman–Crippen LogP) is 0.424. The van der Waals surface area contributed by atoms with Crippen LogP contribution in [0.1, 0.15) is 21.2 Å². The topological polar surface area (TPSA) is 101 Å². The van der Waals surface area contributed by atoms with Crippen LogP contribution in [0.4, 0.5) is 5.95 Å². The molecule has 0 unspecified atom stereocenters. The molecule has 0 aliphatic rings. The summed E-state index contributed by atoms with van der Waals surface area (Å²) in [7, 11) is 1.69. The van der Waals surface area contributed by atoms with Gasteiger partial charge in [-0.2, -0.15) is 4.98 Å². The van der Waals surface area contributed by atoms with Crippen molar-refractivity contribution in [2.75, 3.05) is 12.8 Å². The van der Waals surface area contributed by atoms with Gasteiger partial charge in [0.1, 0.15) is 0 Å². The van der Waals surface area contributed by atoms with Gasteiger partial charge in [-0.05, 0) is 6.92 Å². The smallest absolute Gasteiger partial charge is 0.291 e. The van der Waals surface area contributed by atoms with Crippen LogP contribution in [0.25, 0.3) is 0 Å². The lowest BCUT2D eigenvalue weighted by atomic mass is 10.3. The number of H-pyrrole nitrogens is 1. The number of nitrogens with one attached hydrogen (secondary N) is 1. The first-order valence-corrected chi connectivity index (χ1v) is 5.78.